The Labute approximate surface area is 115 Å². The zero-order valence-electron chi connectivity index (χ0n) is 12.7. The van der Waals surface area contributed by atoms with Gasteiger partial charge in [-0.15, -0.1) is 0 Å². The summed E-state index contributed by atoms with van der Waals surface area (Å²) < 4.78 is 6.22. The summed E-state index contributed by atoms with van der Waals surface area (Å²) in [5.41, 5.74) is 2.80. The third kappa shape index (κ3) is 2.20. The Morgan fingerprint density at radius 1 is 1.21 bits per heavy atom. The fourth-order valence-corrected chi connectivity index (χ4v) is 3.64. The SMILES string of the molecule is Cc1c(OC2C(C)(C)CC2(C)C)cnc(C#N)c1C. The molecule has 3 heteroatoms. The van der Waals surface area contributed by atoms with Crippen molar-refractivity contribution in [3.8, 4) is 11.8 Å². The van der Waals surface area contributed by atoms with Crippen LogP contribution in [0.5, 0.6) is 5.75 Å². The first-order valence-corrected chi connectivity index (χ1v) is 6.72. The highest BCUT2D eigenvalue weighted by molar-refractivity contribution is 5.43. The first-order chi connectivity index (χ1) is 8.69. The second kappa shape index (κ2) is 4.23. The molecule has 19 heavy (non-hydrogen) atoms. The minimum atomic E-state index is 0.188. The van der Waals surface area contributed by atoms with Crippen molar-refractivity contribution in [2.24, 2.45) is 10.8 Å². The van der Waals surface area contributed by atoms with Gasteiger partial charge < -0.3 is 4.74 Å². The van der Waals surface area contributed by atoms with Crippen LogP contribution in [-0.2, 0) is 0 Å². The highest BCUT2D eigenvalue weighted by Gasteiger charge is 2.55. The van der Waals surface area contributed by atoms with Crippen LogP contribution in [0, 0.1) is 36.0 Å². The van der Waals surface area contributed by atoms with Gasteiger partial charge in [-0.25, -0.2) is 4.98 Å². The highest BCUT2D eigenvalue weighted by Crippen LogP contribution is 2.55. The number of aromatic nitrogens is 1. The Balaban J connectivity index is 2.31. The lowest BCUT2D eigenvalue weighted by Crippen LogP contribution is -2.58. The van der Waals surface area contributed by atoms with E-state index >= 15 is 0 Å². The maximum absolute atomic E-state index is 8.99. The summed E-state index contributed by atoms with van der Waals surface area (Å²) in [6.07, 6.45) is 3.03. The predicted molar refractivity (Wildman–Crippen MR) is 75.0 cm³/mol. The van der Waals surface area contributed by atoms with E-state index in [4.69, 9.17) is 10.00 Å². The standard InChI is InChI=1S/C16H22N2O/c1-10-11(2)13(8-18-12(10)7-17)19-14-15(3,4)9-16(14,5)6/h8,14H,9H2,1-6H3. The van der Waals surface area contributed by atoms with Crippen molar-refractivity contribution in [2.45, 2.75) is 54.1 Å². The molecule has 0 saturated heterocycles. The first-order valence-electron chi connectivity index (χ1n) is 6.72. The van der Waals surface area contributed by atoms with Gasteiger partial charge >= 0.3 is 0 Å². The molecule has 0 N–H and O–H groups in total. The van der Waals surface area contributed by atoms with Crippen LogP contribution in [-0.4, -0.2) is 11.1 Å². The Morgan fingerprint density at radius 3 is 2.26 bits per heavy atom. The smallest absolute Gasteiger partial charge is 0.143 e. The molecule has 0 aromatic carbocycles. The van der Waals surface area contributed by atoms with Crippen LogP contribution in [0.3, 0.4) is 0 Å². The average molecular weight is 258 g/mol. The summed E-state index contributed by atoms with van der Waals surface area (Å²) in [5, 5.41) is 8.99. The Hall–Kier alpha value is -1.56. The van der Waals surface area contributed by atoms with Gasteiger partial charge in [-0.2, -0.15) is 5.26 Å². The number of rotatable bonds is 2. The molecule has 1 aliphatic rings. The van der Waals surface area contributed by atoms with Crippen LogP contribution in [0.1, 0.15) is 50.9 Å². The maximum atomic E-state index is 8.99. The molecule has 0 atom stereocenters. The molecular weight excluding hydrogens is 236 g/mol. The molecule has 0 aliphatic heterocycles. The molecule has 2 rings (SSSR count). The molecule has 3 nitrogen and oxygen atoms in total. The van der Waals surface area contributed by atoms with Crippen molar-refractivity contribution in [1.82, 2.24) is 4.98 Å². The summed E-state index contributed by atoms with van der Waals surface area (Å²) >= 11 is 0. The van der Waals surface area contributed by atoms with E-state index in [1.165, 1.54) is 0 Å². The normalized spacial score (nSPS) is 20.5. The van der Waals surface area contributed by atoms with Crippen LogP contribution >= 0.6 is 0 Å². The van der Waals surface area contributed by atoms with Crippen molar-refractivity contribution < 1.29 is 4.74 Å². The molecule has 0 radical (unpaired) electrons. The van der Waals surface area contributed by atoms with Gasteiger partial charge in [-0.3, -0.25) is 0 Å². The monoisotopic (exact) mass is 258 g/mol. The lowest BCUT2D eigenvalue weighted by Gasteiger charge is -2.56. The molecule has 1 heterocycles. The molecular formula is C16H22N2O. The fourth-order valence-electron chi connectivity index (χ4n) is 3.64. The Morgan fingerprint density at radius 2 is 1.79 bits per heavy atom. The topological polar surface area (TPSA) is 45.9 Å². The van der Waals surface area contributed by atoms with Gasteiger partial charge in [0, 0.05) is 10.8 Å². The molecule has 0 bridgehead atoms. The number of pyridine rings is 1. The van der Waals surface area contributed by atoms with E-state index in [9.17, 15) is 0 Å². The molecule has 0 spiro atoms. The quantitative estimate of drug-likeness (QED) is 0.811. The number of ether oxygens (including phenoxy) is 1. The number of hydrogen-bond donors (Lipinski definition) is 0. The summed E-state index contributed by atoms with van der Waals surface area (Å²) in [6, 6.07) is 2.11. The molecule has 0 unspecified atom stereocenters. The predicted octanol–water partition coefficient (Wildman–Crippen LogP) is 3.77. The van der Waals surface area contributed by atoms with Crippen LogP contribution in [0.4, 0.5) is 0 Å². The third-order valence-electron chi connectivity index (χ3n) is 4.28. The molecule has 1 aromatic rings. The van der Waals surface area contributed by atoms with Crippen LogP contribution in [0.15, 0.2) is 6.20 Å². The Bertz CT molecular complexity index is 539. The highest BCUT2D eigenvalue weighted by atomic mass is 16.5. The number of nitrogens with zero attached hydrogens (tertiary/aromatic N) is 2. The minimum Gasteiger partial charge on any atom is -0.487 e. The lowest BCUT2D eigenvalue weighted by atomic mass is 9.53. The van der Waals surface area contributed by atoms with Gasteiger partial charge in [0.1, 0.15) is 23.6 Å². The van der Waals surface area contributed by atoms with E-state index < -0.39 is 0 Å². The van der Waals surface area contributed by atoms with Gasteiger partial charge in [-0.05, 0) is 31.4 Å². The lowest BCUT2D eigenvalue weighted by molar-refractivity contribution is -0.134. The molecule has 1 aliphatic carbocycles. The first kappa shape index (κ1) is 13.9. The zero-order valence-corrected chi connectivity index (χ0v) is 12.7. The number of nitriles is 1. The second-order valence-corrected chi connectivity index (χ2v) is 6.98. The van der Waals surface area contributed by atoms with Crippen molar-refractivity contribution in [3.05, 3.63) is 23.0 Å². The van der Waals surface area contributed by atoms with Crippen LogP contribution in [0.2, 0.25) is 0 Å². The van der Waals surface area contributed by atoms with Crippen molar-refractivity contribution >= 4 is 0 Å². The summed E-state index contributed by atoms with van der Waals surface area (Å²) in [5.74, 6) is 0.808. The molecule has 1 saturated carbocycles. The molecule has 0 amide bonds. The van der Waals surface area contributed by atoms with Crippen molar-refractivity contribution in [1.29, 1.82) is 5.26 Å². The van der Waals surface area contributed by atoms with Gasteiger partial charge in [0.2, 0.25) is 0 Å². The van der Waals surface area contributed by atoms with E-state index in [1.807, 2.05) is 13.8 Å². The van der Waals surface area contributed by atoms with Gasteiger partial charge in [0.15, 0.2) is 0 Å². The van der Waals surface area contributed by atoms with E-state index in [0.717, 1.165) is 23.3 Å². The van der Waals surface area contributed by atoms with Crippen LogP contribution in [0.25, 0.3) is 0 Å². The largest absolute Gasteiger partial charge is 0.487 e. The summed E-state index contributed by atoms with van der Waals surface area (Å²) in [4.78, 5) is 4.18. The summed E-state index contributed by atoms with van der Waals surface area (Å²) in [7, 11) is 0. The van der Waals surface area contributed by atoms with Gasteiger partial charge in [-0.1, -0.05) is 27.7 Å². The third-order valence-corrected chi connectivity index (χ3v) is 4.28. The van der Waals surface area contributed by atoms with Crippen molar-refractivity contribution in [2.75, 3.05) is 0 Å². The minimum absolute atomic E-state index is 0.188. The van der Waals surface area contributed by atoms with E-state index in [-0.39, 0.29) is 16.9 Å². The summed E-state index contributed by atoms with van der Waals surface area (Å²) in [6.45, 7) is 12.9. The average Bonchev–Trinajstić information content (AvgIpc) is 2.29. The van der Waals surface area contributed by atoms with E-state index in [1.54, 1.807) is 6.20 Å². The van der Waals surface area contributed by atoms with Gasteiger partial charge in [0.05, 0.1) is 6.20 Å². The van der Waals surface area contributed by atoms with E-state index in [0.29, 0.717) is 5.69 Å². The fraction of sp³-hybridized carbons (Fsp3) is 0.625. The van der Waals surface area contributed by atoms with E-state index in [2.05, 4.69) is 38.7 Å². The molecule has 1 fully saturated rings. The molecule has 102 valence electrons. The molecule has 1 aromatic heterocycles. The van der Waals surface area contributed by atoms with Gasteiger partial charge in [0.25, 0.3) is 0 Å². The Kier molecular flexibility index (Phi) is 3.09. The number of hydrogen-bond acceptors (Lipinski definition) is 3. The zero-order chi connectivity index (χ0) is 14.4. The maximum Gasteiger partial charge on any atom is 0.143 e. The second-order valence-electron chi connectivity index (χ2n) is 6.98. The van der Waals surface area contributed by atoms with Crippen molar-refractivity contribution in [3.63, 3.8) is 0 Å². The van der Waals surface area contributed by atoms with Crippen LogP contribution < -0.4 is 4.74 Å².